The van der Waals surface area contributed by atoms with Crippen LogP contribution < -0.4 is 0 Å². The van der Waals surface area contributed by atoms with Gasteiger partial charge in [0.1, 0.15) is 5.40 Å². The fraction of sp³-hybridized carbons (Fsp3) is 0.571. The monoisotopic (exact) mass is 141 g/mol. The van der Waals surface area contributed by atoms with E-state index in [-0.39, 0.29) is 0 Å². The van der Waals surface area contributed by atoms with Crippen LogP contribution in [0, 0.1) is 10.7 Å². The van der Waals surface area contributed by atoms with Gasteiger partial charge < -0.3 is 0 Å². The van der Waals surface area contributed by atoms with Crippen LogP contribution in [0.3, 0.4) is 0 Å². The van der Waals surface area contributed by atoms with E-state index in [2.05, 4.69) is 6.92 Å². The van der Waals surface area contributed by atoms with Gasteiger partial charge in [-0.05, 0) is 23.6 Å². The zero-order valence-electron chi connectivity index (χ0n) is 5.63. The molecule has 0 rings (SSSR count). The van der Waals surface area contributed by atoms with Crippen LogP contribution in [0.4, 0.5) is 0 Å². The second-order valence-electron chi connectivity index (χ2n) is 1.72. The van der Waals surface area contributed by atoms with Crippen molar-refractivity contribution in [3.05, 3.63) is 11.5 Å². The summed E-state index contributed by atoms with van der Waals surface area (Å²) in [5.74, 6) is 0. The van der Waals surface area contributed by atoms with Gasteiger partial charge in [-0.2, -0.15) is 5.26 Å². The second kappa shape index (κ2) is 7.58. The minimum atomic E-state index is 1.10. The third-order valence-corrected chi connectivity index (χ3v) is 1.38. The van der Waals surface area contributed by atoms with Gasteiger partial charge in [-0.15, -0.1) is 0 Å². The van der Waals surface area contributed by atoms with Crippen LogP contribution >= 0.6 is 11.8 Å². The molecule has 0 amide bonds. The van der Waals surface area contributed by atoms with Gasteiger partial charge in [-0.25, -0.2) is 0 Å². The summed E-state index contributed by atoms with van der Waals surface area (Å²) in [6.45, 7) is 2.16. The summed E-state index contributed by atoms with van der Waals surface area (Å²) in [4.78, 5) is 0. The number of rotatable bonds is 4. The van der Waals surface area contributed by atoms with E-state index in [1.165, 1.54) is 24.6 Å². The first-order chi connectivity index (χ1) is 4.41. The highest BCUT2D eigenvalue weighted by Gasteiger charge is 1.76. The van der Waals surface area contributed by atoms with Gasteiger partial charge in [0.05, 0.1) is 0 Å². The van der Waals surface area contributed by atoms with E-state index in [1.54, 1.807) is 0 Å². The van der Waals surface area contributed by atoms with Gasteiger partial charge in [0.25, 0.3) is 0 Å². The molecule has 0 aromatic heterocycles. The van der Waals surface area contributed by atoms with Gasteiger partial charge in [0.2, 0.25) is 0 Å². The molecule has 9 heavy (non-hydrogen) atoms. The molecule has 0 heterocycles. The van der Waals surface area contributed by atoms with Crippen molar-refractivity contribution in [3.63, 3.8) is 0 Å². The average Bonchev–Trinajstić information content (AvgIpc) is 1.89. The Morgan fingerprint density at radius 1 is 1.67 bits per heavy atom. The van der Waals surface area contributed by atoms with E-state index < -0.39 is 0 Å². The lowest BCUT2D eigenvalue weighted by Crippen LogP contribution is -1.63. The Morgan fingerprint density at radius 3 is 3.00 bits per heavy atom. The predicted octanol–water partition coefficient (Wildman–Crippen LogP) is 2.90. The van der Waals surface area contributed by atoms with E-state index in [0.717, 1.165) is 6.42 Å². The van der Waals surface area contributed by atoms with E-state index in [9.17, 15) is 0 Å². The Bertz CT molecular complexity index is 113. The molecule has 0 radical (unpaired) electrons. The molecule has 0 aliphatic heterocycles. The fourth-order valence-electron chi connectivity index (χ4n) is 0.469. The molecule has 0 bridgehead atoms. The molecule has 2 heteroatoms. The number of nitrogens with zero attached hydrogens (tertiary/aromatic N) is 1. The number of hydrogen-bond donors (Lipinski definition) is 0. The quantitative estimate of drug-likeness (QED) is 0.444. The SMILES string of the molecule is CCCC/C=C\SC#N. The lowest BCUT2D eigenvalue weighted by atomic mass is 10.2. The van der Waals surface area contributed by atoms with Crippen LogP contribution in [0.2, 0.25) is 0 Å². The highest BCUT2D eigenvalue weighted by Crippen LogP contribution is 2.01. The maximum atomic E-state index is 8.08. The van der Waals surface area contributed by atoms with Crippen LogP contribution in [0.5, 0.6) is 0 Å². The van der Waals surface area contributed by atoms with Crippen LogP contribution in [0.25, 0.3) is 0 Å². The minimum absolute atomic E-state index is 1.10. The molecule has 0 fully saturated rings. The summed E-state index contributed by atoms with van der Waals surface area (Å²) < 4.78 is 0. The van der Waals surface area contributed by atoms with E-state index in [0.29, 0.717) is 0 Å². The Hall–Kier alpha value is -0.420. The van der Waals surface area contributed by atoms with Crippen LogP contribution in [0.1, 0.15) is 26.2 Å². The van der Waals surface area contributed by atoms with Crippen molar-refractivity contribution >= 4 is 11.8 Å². The number of unbranched alkanes of at least 4 members (excludes halogenated alkanes) is 2. The third-order valence-electron chi connectivity index (χ3n) is 0.941. The van der Waals surface area contributed by atoms with Gasteiger partial charge in [-0.1, -0.05) is 25.8 Å². The van der Waals surface area contributed by atoms with Crippen LogP contribution in [-0.2, 0) is 0 Å². The van der Waals surface area contributed by atoms with Gasteiger partial charge in [-0.3, -0.25) is 0 Å². The number of nitriles is 1. The summed E-state index contributed by atoms with van der Waals surface area (Å²) in [5, 5.41) is 11.9. The van der Waals surface area contributed by atoms with Crippen LogP contribution in [0.15, 0.2) is 11.5 Å². The molecular formula is C7H11NS. The zero-order valence-corrected chi connectivity index (χ0v) is 6.45. The van der Waals surface area contributed by atoms with E-state index in [4.69, 9.17) is 5.26 Å². The van der Waals surface area contributed by atoms with Crippen molar-refractivity contribution in [1.82, 2.24) is 0 Å². The van der Waals surface area contributed by atoms with Gasteiger partial charge >= 0.3 is 0 Å². The molecule has 1 nitrogen and oxygen atoms in total. The molecule has 0 aromatic carbocycles. The molecule has 0 N–H and O–H groups in total. The molecule has 50 valence electrons. The predicted molar refractivity (Wildman–Crippen MR) is 41.9 cm³/mol. The lowest BCUT2D eigenvalue weighted by molar-refractivity contribution is 0.815. The van der Waals surface area contributed by atoms with Gasteiger partial charge in [0, 0.05) is 0 Å². The summed E-state index contributed by atoms with van der Waals surface area (Å²) in [6, 6.07) is 0. The van der Waals surface area contributed by atoms with Crippen molar-refractivity contribution < 1.29 is 0 Å². The Kier molecular flexibility index (Phi) is 7.23. The molecule has 0 saturated heterocycles. The second-order valence-corrected chi connectivity index (χ2v) is 2.41. The maximum absolute atomic E-state index is 8.08. The fourth-order valence-corrected chi connectivity index (χ4v) is 0.762. The lowest BCUT2D eigenvalue weighted by Gasteiger charge is -1.84. The maximum Gasteiger partial charge on any atom is 0.137 e. The van der Waals surface area contributed by atoms with Crippen molar-refractivity contribution in [2.45, 2.75) is 26.2 Å². The number of hydrogen-bond acceptors (Lipinski definition) is 2. The molecule has 0 atom stereocenters. The molecular weight excluding hydrogens is 130 g/mol. The van der Waals surface area contributed by atoms with E-state index >= 15 is 0 Å². The molecule has 0 aliphatic rings. The summed E-state index contributed by atoms with van der Waals surface area (Å²) in [5.41, 5.74) is 0. The topological polar surface area (TPSA) is 23.8 Å². The molecule has 0 spiro atoms. The minimum Gasteiger partial charge on any atom is -0.185 e. The van der Waals surface area contributed by atoms with Crippen molar-refractivity contribution in [2.24, 2.45) is 0 Å². The average molecular weight is 141 g/mol. The highest BCUT2D eigenvalue weighted by molar-refractivity contribution is 8.06. The third kappa shape index (κ3) is 7.58. The normalized spacial score (nSPS) is 9.78. The Labute approximate surface area is 60.8 Å². The molecule has 0 unspecified atom stereocenters. The first-order valence-electron chi connectivity index (χ1n) is 3.11. The number of allylic oxidation sites excluding steroid dienone is 1. The Morgan fingerprint density at radius 2 is 2.44 bits per heavy atom. The summed E-state index contributed by atoms with van der Waals surface area (Å²) >= 11 is 1.18. The van der Waals surface area contributed by atoms with Crippen molar-refractivity contribution in [3.8, 4) is 5.40 Å². The van der Waals surface area contributed by atoms with Crippen LogP contribution in [-0.4, -0.2) is 0 Å². The number of thiocyanates is 1. The first kappa shape index (κ1) is 8.58. The molecule has 0 aliphatic carbocycles. The Balaban J connectivity index is 2.97. The number of thioether (sulfide) groups is 1. The first-order valence-corrected chi connectivity index (χ1v) is 3.99. The van der Waals surface area contributed by atoms with Crippen molar-refractivity contribution in [2.75, 3.05) is 0 Å². The van der Waals surface area contributed by atoms with Gasteiger partial charge in [0.15, 0.2) is 0 Å². The highest BCUT2D eigenvalue weighted by atomic mass is 32.2. The van der Waals surface area contributed by atoms with E-state index in [1.807, 2.05) is 16.9 Å². The summed E-state index contributed by atoms with van der Waals surface area (Å²) in [6.07, 6.45) is 5.59. The largest absolute Gasteiger partial charge is 0.185 e. The smallest absolute Gasteiger partial charge is 0.137 e. The molecule has 0 aromatic rings. The standard InChI is InChI=1S/C7H11NS/c1-2-3-4-5-6-9-7-8/h5-6H,2-4H2,1H3/b6-5-. The van der Waals surface area contributed by atoms with Crippen molar-refractivity contribution in [1.29, 1.82) is 5.26 Å². The zero-order chi connectivity index (χ0) is 6.95. The molecule has 0 saturated carbocycles. The summed E-state index contributed by atoms with van der Waals surface area (Å²) in [7, 11) is 0.